The Morgan fingerprint density at radius 3 is 2.45 bits per heavy atom. The zero-order chi connectivity index (χ0) is 16.5. The molecule has 6 nitrogen and oxygen atoms in total. The molecule has 122 valence electrons. The van der Waals surface area contributed by atoms with Crippen molar-refractivity contribution in [1.29, 1.82) is 5.41 Å². The molecule has 2 aliphatic rings. The third kappa shape index (κ3) is 3.15. The Labute approximate surface area is 131 Å². The highest BCUT2D eigenvalue weighted by Crippen LogP contribution is 2.44. The van der Waals surface area contributed by atoms with E-state index in [0.717, 1.165) is 0 Å². The van der Waals surface area contributed by atoms with Gasteiger partial charge in [-0.25, -0.2) is 4.79 Å². The van der Waals surface area contributed by atoms with Gasteiger partial charge in [0.15, 0.2) is 5.78 Å². The molecule has 2 rings (SSSR count). The van der Waals surface area contributed by atoms with Gasteiger partial charge in [-0.05, 0) is 33.6 Å². The molecule has 1 amide bonds. The van der Waals surface area contributed by atoms with Crippen molar-refractivity contribution in [2.45, 2.75) is 45.6 Å². The fraction of sp³-hybridized carbons (Fsp3) is 0.688. The van der Waals surface area contributed by atoms with Crippen LogP contribution in [0.2, 0.25) is 0 Å². The van der Waals surface area contributed by atoms with Crippen LogP contribution in [-0.2, 0) is 9.53 Å². The van der Waals surface area contributed by atoms with Gasteiger partial charge in [-0.15, -0.1) is 0 Å². The van der Waals surface area contributed by atoms with Crippen LogP contribution in [0.5, 0.6) is 0 Å². The van der Waals surface area contributed by atoms with Crippen LogP contribution in [-0.4, -0.2) is 48.2 Å². The SMILES string of the molecule is CN/C=C1\C(=N)CC2(CCN(C(=O)OC(C)(C)C)CC2)C1=O. The quantitative estimate of drug-likeness (QED) is 0.727. The highest BCUT2D eigenvalue weighted by Gasteiger charge is 2.49. The van der Waals surface area contributed by atoms with Gasteiger partial charge in [-0.2, -0.15) is 0 Å². The highest BCUT2D eigenvalue weighted by atomic mass is 16.6. The molecular weight excluding hydrogens is 282 g/mol. The van der Waals surface area contributed by atoms with Crippen molar-refractivity contribution < 1.29 is 14.3 Å². The molecule has 2 N–H and O–H groups in total. The molecule has 1 aliphatic heterocycles. The molecular formula is C16H25N3O3. The van der Waals surface area contributed by atoms with E-state index in [1.807, 2.05) is 20.8 Å². The number of hydrogen-bond acceptors (Lipinski definition) is 5. The lowest BCUT2D eigenvalue weighted by Crippen LogP contribution is -2.46. The second-order valence-corrected chi connectivity index (χ2v) is 7.08. The summed E-state index contributed by atoms with van der Waals surface area (Å²) in [6.07, 6.45) is 2.94. The summed E-state index contributed by atoms with van der Waals surface area (Å²) in [6, 6.07) is 0. The maximum absolute atomic E-state index is 12.6. The van der Waals surface area contributed by atoms with Gasteiger partial charge < -0.3 is 20.4 Å². The molecule has 1 heterocycles. The number of ketones is 1. The number of carbonyl (C=O) groups is 2. The number of likely N-dealkylation sites (tertiary alicyclic amines) is 1. The Bertz CT molecular complexity index is 523. The number of hydrogen-bond donors (Lipinski definition) is 2. The molecule has 2 fully saturated rings. The summed E-state index contributed by atoms with van der Waals surface area (Å²) in [4.78, 5) is 26.3. The topological polar surface area (TPSA) is 82.5 Å². The number of nitrogens with one attached hydrogen (secondary N) is 2. The normalized spacial score (nSPS) is 23.3. The van der Waals surface area contributed by atoms with E-state index >= 15 is 0 Å². The minimum atomic E-state index is -0.514. The van der Waals surface area contributed by atoms with E-state index in [4.69, 9.17) is 10.1 Å². The number of amides is 1. The summed E-state index contributed by atoms with van der Waals surface area (Å²) in [6.45, 7) is 6.52. The number of nitrogens with zero attached hydrogens (tertiary/aromatic N) is 1. The Kier molecular flexibility index (Phi) is 4.31. The number of piperidine rings is 1. The molecule has 0 radical (unpaired) electrons. The lowest BCUT2D eigenvalue weighted by Gasteiger charge is -2.38. The van der Waals surface area contributed by atoms with Crippen molar-refractivity contribution in [2.24, 2.45) is 5.41 Å². The molecule has 1 saturated carbocycles. The van der Waals surface area contributed by atoms with Crippen molar-refractivity contribution in [3.63, 3.8) is 0 Å². The number of allylic oxidation sites excluding steroid dienone is 1. The van der Waals surface area contributed by atoms with E-state index in [0.29, 0.717) is 43.6 Å². The summed E-state index contributed by atoms with van der Waals surface area (Å²) >= 11 is 0. The number of Topliss-reactive ketones (excluding diaryl/α,β-unsaturated/α-hetero) is 1. The van der Waals surface area contributed by atoms with Crippen LogP contribution in [0.15, 0.2) is 11.8 Å². The summed E-state index contributed by atoms with van der Waals surface area (Å²) in [5.41, 5.74) is -0.142. The van der Waals surface area contributed by atoms with Crippen LogP contribution in [0.4, 0.5) is 4.79 Å². The molecule has 6 heteroatoms. The first-order valence-corrected chi connectivity index (χ1v) is 7.66. The van der Waals surface area contributed by atoms with E-state index in [9.17, 15) is 9.59 Å². The van der Waals surface area contributed by atoms with E-state index in [-0.39, 0.29) is 11.9 Å². The average molecular weight is 307 g/mol. The van der Waals surface area contributed by atoms with Gasteiger partial charge in [0, 0.05) is 43.9 Å². The van der Waals surface area contributed by atoms with Crippen LogP contribution in [0.3, 0.4) is 0 Å². The lowest BCUT2D eigenvalue weighted by molar-refractivity contribution is -0.125. The second kappa shape index (κ2) is 5.74. The predicted molar refractivity (Wildman–Crippen MR) is 84.0 cm³/mol. The van der Waals surface area contributed by atoms with E-state index in [1.165, 1.54) is 0 Å². The maximum Gasteiger partial charge on any atom is 0.410 e. The van der Waals surface area contributed by atoms with Crippen LogP contribution >= 0.6 is 0 Å². The Morgan fingerprint density at radius 1 is 1.36 bits per heavy atom. The summed E-state index contributed by atoms with van der Waals surface area (Å²) in [7, 11) is 1.73. The van der Waals surface area contributed by atoms with E-state index in [2.05, 4.69) is 5.32 Å². The minimum Gasteiger partial charge on any atom is -0.444 e. The van der Waals surface area contributed by atoms with Gasteiger partial charge in [0.05, 0.1) is 5.57 Å². The zero-order valence-electron chi connectivity index (χ0n) is 13.8. The summed E-state index contributed by atoms with van der Waals surface area (Å²) in [5, 5.41) is 10.9. The first-order valence-electron chi connectivity index (χ1n) is 7.66. The second-order valence-electron chi connectivity index (χ2n) is 7.08. The van der Waals surface area contributed by atoms with Crippen molar-refractivity contribution in [2.75, 3.05) is 20.1 Å². The van der Waals surface area contributed by atoms with Gasteiger partial charge in [0.1, 0.15) is 5.60 Å². The van der Waals surface area contributed by atoms with Crippen molar-refractivity contribution in [3.8, 4) is 0 Å². The molecule has 0 aromatic rings. The van der Waals surface area contributed by atoms with Crippen LogP contribution in [0.25, 0.3) is 0 Å². The first-order chi connectivity index (χ1) is 10.2. The summed E-state index contributed by atoms with van der Waals surface area (Å²) < 4.78 is 5.37. The van der Waals surface area contributed by atoms with Crippen LogP contribution in [0, 0.1) is 10.8 Å². The van der Waals surface area contributed by atoms with Gasteiger partial charge in [0.2, 0.25) is 0 Å². The number of ether oxygens (including phenoxy) is 1. The van der Waals surface area contributed by atoms with Crippen LogP contribution < -0.4 is 5.32 Å². The molecule has 0 bridgehead atoms. The molecule has 0 aromatic carbocycles. The maximum atomic E-state index is 12.6. The Morgan fingerprint density at radius 2 is 1.95 bits per heavy atom. The van der Waals surface area contributed by atoms with Crippen molar-refractivity contribution in [3.05, 3.63) is 11.8 Å². The molecule has 0 unspecified atom stereocenters. The minimum absolute atomic E-state index is 0.0377. The van der Waals surface area contributed by atoms with E-state index in [1.54, 1.807) is 18.1 Å². The van der Waals surface area contributed by atoms with Gasteiger partial charge in [0.25, 0.3) is 0 Å². The zero-order valence-corrected chi connectivity index (χ0v) is 13.8. The van der Waals surface area contributed by atoms with Crippen LogP contribution in [0.1, 0.15) is 40.0 Å². The Hall–Kier alpha value is -1.85. The molecule has 0 aromatic heterocycles. The molecule has 1 spiro atoms. The number of carbonyl (C=O) groups excluding carboxylic acids is 2. The number of rotatable bonds is 1. The standard InChI is InChI=1S/C16H25N3O3/c1-15(2,3)22-14(21)19-7-5-16(6-8-19)9-12(17)11(10-18-4)13(16)20/h10,17-18H,5-9H2,1-4H3/b11-10+,17-12?. The monoisotopic (exact) mass is 307 g/mol. The average Bonchev–Trinajstić information content (AvgIpc) is 2.63. The van der Waals surface area contributed by atoms with Crippen molar-refractivity contribution >= 4 is 17.6 Å². The molecule has 0 atom stereocenters. The molecule has 1 aliphatic carbocycles. The lowest BCUT2D eigenvalue weighted by atomic mass is 9.76. The van der Waals surface area contributed by atoms with Gasteiger partial charge >= 0.3 is 6.09 Å². The highest BCUT2D eigenvalue weighted by molar-refractivity contribution is 6.28. The first kappa shape index (κ1) is 16.5. The third-order valence-corrected chi connectivity index (χ3v) is 4.23. The summed E-state index contributed by atoms with van der Waals surface area (Å²) in [5.74, 6) is 0.0377. The largest absolute Gasteiger partial charge is 0.444 e. The fourth-order valence-corrected chi connectivity index (χ4v) is 3.08. The van der Waals surface area contributed by atoms with Crippen molar-refractivity contribution in [1.82, 2.24) is 10.2 Å². The van der Waals surface area contributed by atoms with Gasteiger partial charge in [-0.1, -0.05) is 0 Å². The van der Waals surface area contributed by atoms with E-state index < -0.39 is 11.0 Å². The smallest absolute Gasteiger partial charge is 0.410 e. The third-order valence-electron chi connectivity index (χ3n) is 4.23. The van der Waals surface area contributed by atoms with Gasteiger partial charge in [-0.3, -0.25) is 4.79 Å². The predicted octanol–water partition coefficient (Wildman–Crippen LogP) is 2.10. The molecule has 1 saturated heterocycles. The molecule has 22 heavy (non-hydrogen) atoms. The fourth-order valence-electron chi connectivity index (χ4n) is 3.08. The Balaban J connectivity index is 2.03.